The number of rotatable bonds is 3. The predicted molar refractivity (Wildman–Crippen MR) is 88.3 cm³/mol. The summed E-state index contributed by atoms with van der Waals surface area (Å²) < 4.78 is 19.6. The topological polar surface area (TPSA) is 46.6 Å². The van der Waals surface area contributed by atoms with Crippen molar-refractivity contribution >= 4 is 29.1 Å². The van der Waals surface area contributed by atoms with E-state index in [9.17, 15) is 14.0 Å². The number of amides is 2. The summed E-state index contributed by atoms with van der Waals surface area (Å²) in [5.74, 6) is 1.04. The number of halogens is 2. The molecule has 2 aliphatic rings. The SMILES string of the molecule is C#CCOc1cc(N2C(=O)C3=C(CC(C)CC3)C2=O)c(F)cc1Cl. The van der Waals surface area contributed by atoms with Crippen molar-refractivity contribution < 1.29 is 18.7 Å². The Morgan fingerprint density at radius 1 is 1.38 bits per heavy atom. The zero-order chi connectivity index (χ0) is 17.4. The van der Waals surface area contributed by atoms with Crippen molar-refractivity contribution in [2.75, 3.05) is 11.5 Å². The summed E-state index contributed by atoms with van der Waals surface area (Å²) in [7, 11) is 0. The summed E-state index contributed by atoms with van der Waals surface area (Å²) in [6, 6.07) is 2.26. The van der Waals surface area contributed by atoms with Crippen LogP contribution in [0.2, 0.25) is 5.02 Å². The van der Waals surface area contributed by atoms with Crippen LogP contribution in [0.3, 0.4) is 0 Å². The molecule has 124 valence electrons. The Morgan fingerprint density at radius 2 is 2.08 bits per heavy atom. The number of imide groups is 1. The minimum Gasteiger partial charge on any atom is -0.479 e. The molecule has 0 spiro atoms. The van der Waals surface area contributed by atoms with Gasteiger partial charge >= 0.3 is 0 Å². The molecule has 0 saturated heterocycles. The van der Waals surface area contributed by atoms with Crippen LogP contribution in [0.1, 0.15) is 26.2 Å². The van der Waals surface area contributed by atoms with Gasteiger partial charge in [0.1, 0.15) is 18.2 Å². The molecule has 1 aliphatic heterocycles. The normalized spacial score (nSPS) is 20.2. The molecule has 0 bridgehead atoms. The van der Waals surface area contributed by atoms with Gasteiger partial charge in [-0.3, -0.25) is 9.59 Å². The largest absolute Gasteiger partial charge is 0.479 e. The summed E-state index contributed by atoms with van der Waals surface area (Å²) in [6.45, 7) is 1.97. The Labute approximate surface area is 144 Å². The zero-order valence-electron chi connectivity index (χ0n) is 13.1. The number of benzene rings is 1. The summed E-state index contributed by atoms with van der Waals surface area (Å²) in [5.41, 5.74) is 0.807. The van der Waals surface area contributed by atoms with Crippen molar-refractivity contribution in [2.45, 2.75) is 26.2 Å². The number of nitrogens with zero attached hydrogens (tertiary/aromatic N) is 1. The summed E-state index contributed by atoms with van der Waals surface area (Å²) in [5, 5.41) is 0.0249. The predicted octanol–water partition coefficient (Wildman–Crippen LogP) is 3.48. The van der Waals surface area contributed by atoms with Crippen molar-refractivity contribution in [3.63, 3.8) is 0 Å². The average Bonchev–Trinajstić information content (AvgIpc) is 2.78. The third-order valence-corrected chi connectivity index (χ3v) is 4.58. The second kappa shape index (κ2) is 6.29. The molecule has 2 amide bonds. The monoisotopic (exact) mass is 347 g/mol. The third kappa shape index (κ3) is 2.67. The Kier molecular flexibility index (Phi) is 4.33. The van der Waals surface area contributed by atoms with E-state index in [1.165, 1.54) is 6.07 Å². The minimum absolute atomic E-state index is 0.0249. The Hall–Kier alpha value is -2.32. The second-order valence-electron chi connectivity index (χ2n) is 5.98. The Bertz CT molecular complexity index is 809. The van der Waals surface area contributed by atoms with E-state index in [0.717, 1.165) is 17.4 Å². The molecule has 24 heavy (non-hydrogen) atoms. The lowest BCUT2D eigenvalue weighted by Gasteiger charge is -2.18. The average molecular weight is 348 g/mol. The highest BCUT2D eigenvalue weighted by Crippen LogP contribution is 2.40. The molecular formula is C18H15ClFNO3. The first kappa shape index (κ1) is 16.5. The molecule has 6 heteroatoms. The van der Waals surface area contributed by atoms with Crippen LogP contribution in [-0.2, 0) is 9.59 Å². The van der Waals surface area contributed by atoms with Gasteiger partial charge in [0.15, 0.2) is 0 Å². The lowest BCUT2D eigenvalue weighted by Crippen LogP contribution is -2.32. The van der Waals surface area contributed by atoms with Crippen LogP contribution in [0.25, 0.3) is 0 Å². The van der Waals surface area contributed by atoms with Gasteiger partial charge in [-0.25, -0.2) is 9.29 Å². The van der Waals surface area contributed by atoms with Gasteiger partial charge in [-0.15, -0.1) is 6.42 Å². The van der Waals surface area contributed by atoms with Gasteiger partial charge in [0.05, 0.1) is 10.7 Å². The lowest BCUT2D eigenvalue weighted by molar-refractivity contribution is -0.120. The quantitative estimate of drug-likeness (QED) is 0.621. The van der Waals surface area contributed by atoms with Crippen LogP contribution >= 0.6 is 11.6 Å². The Morgan fingerprint density at radius 3 is 2.79 bits per heavy atom. The van der Waals surface area contributed by atoms with Gasteiger partial charge in [0, 0.05) is 17.2 Å². The second-order valence-corrected chi connectivity index (χ2v) is 6.38. The molecule has 0 aromatic heterocycles. The van der Waals surface area contributed by atoms with E-state index in [0.29, 0.717) is 29.9 Å². The van der Waals surface area contributed by atoms with Gasteiger partial charge in [-0.2, -0.15) is 0 Å². The number of carbonyl (C=O) groups is 2. The maximum atomic E-state index is 14.4. The number of hydrogen-bond donors (Lipinski definition) is 0. The molecule has 4 nitrogen and oxygen atoms in total. The number of terminal acetylenes is 1. The van der Waals surface area contributed by atoms with Crippen molar-refractivity contribution in [3.8, 4) is 18.1 Å². The molecular weight excluding hydrogens is 333 g/mol. The lowest BCUT2D eigenvalue weighted by atomic mass is 9.86. The van der Waals surface area contributed by atoms with Crippen molar-refractivity contribution in [1.82, 2.24) is 0 Å². The molecule has 1 unspecified atom stereocenters. The molecule has 0 N–H and O–H groups in total. The Balaban J connectivity index is 2.00. The fourth-order valence-electron chi connectivity index (χ4n) is 3.07. The van der Waals surface area contributed by atoms with Crippen LogP contribution in [0.5, 0.6) is 5.75 Å². The fraction of sp³-hybridized carbons (Fsp3) is 0.333. The number of carbonyl (C=O) groups excluding carboxylic acids is 2. The van der Waals surface area contributed by atoms with E-state index in [1.807, 2.05) is 6.92 Å². The van der Waals surface area contributed by atoms with Crippen LogP contribution in [-0.4, -0.2) is 18.4 Å². The van der Waals surface area contributed by atoms with Gasteiger partial charge in [0.2, 0.25) is 0 Å². The zero-order valence-corrected chi connectivity index (χ0v) is 13.8. The molecule has 0 radical (unpaired) electrons. The summed E-state index contributed by atoms with van der Waals surface area (Å²) in [6.07, 6.45) is 7.04. The van der Waals surface area contributed by atoms with Crippen molar-refractivity contribution in [2.24, 2.45) is 5.92 Å². The van der Waals surface area contributed by atoms with Crippen molar-refractivity contribution in [3.05, 3.63) is 34.1 Å². The summed E-state index contributed by atoms with van der Waals surface area (Å²) in [4.78, 5) is 26.1. The molecule has 1 heterocycles. The van der Waals surface area contributed by atoms with Crippen molar-refractivity contribution in [1.29, 1.82) is 0 Å². The van der Waals surface area contributed by atoms with Gasteiger partial charge in [-0.1, -0.05) is 24.4 Å². The smallest absolute Gasteiger partial charge is 0.261 e. The molecule has 1 aromatic rings. The molecule has 3 rings (SSSR count). The van der Waals surface area contributed by atoms with E-state index in [2.05, 4.69) is 5.92 Å². The van der Waals surface area contributed by atoms with Gasteiger partial charge in [-0.05, 0) is 31.2 Å². The van der Waals surface area contributed by atoms with E-state index < -0.39 is 17.6 Å². The number of hydrogen-bond acceptors (Lipinski definition) is 3. The fourth-order valence-corrected chi connectivity index (χ4v) is 3.27. The maximum Gasteiger partial charge on any atom is 0.261 e. The number of anilines is 1. The third-order valence-electron chi connectivity index (χ3n) is 4.28. The van der Waals surface area contributed by atoms with E-state index in [1.54, 1.807) is 0 Å². The number of ether oxygens (including phenoxy) is 1. The van der Waals surface area contributed by atoms with Crippen LogP contribution < -0.4 is 9.64 Å². The molecule has 1 aliphatic carbocycles. The van der Waals surface area contributed by atoms with Crippen LogP contribution in [0.4, 0.5) is 10.1 Å². The first-order chi connectivity index (χ1) is 11.4. The molecule has 1 atom stereocenters. The minimum atomic E-state index is -0.761. The standard InChI is InChI=1S/C18H15ClFNO3/c1-3-6-24-16-9-15(14(20)8-13(16)19)21-17(22)11-5-4-10(2)7-12(11)18(21)23/h1,8-10H,4-7H2,2H3. The van der Waals surface area contributed by atoms with E-state index in [-0.39, 0.29) is 23.1 Å². The van der Waals surface area contributed by atoms with Crippen LogP contribution in [0.15, 0.2) is 23.3 Å². The summed E-state index contributed by atoms with van der Waals surface area (Å²) >= 11 is 5.93. The highest BCUT2D eigenvalue weighted by Gasteiger charge is 2.42. The molecule has 1 aromatic carbocycles. The van der Waals surface area contributed by atoms with Crippen LogP contribution in [0, 0.1) is 24.1 Å². The van der Waals surface area contributed by atoms with Gasteiger partial charge in [0.25, 0.3) is 11.8 Å². The van der Waals surface area contributed by atoms with Gasteiger partial charge < -0.3 is 4.74 Å². The maximum absolute atomic E-state index is 14.4. The molecule has 0 fully saturated rings. The highest BCUT2D eigenvalue weighted by atomic mass is 35.5. The van der Waals surface area contributed by atoms with E-state index >= 15 is 0 Å². The highest BCUT2D eigenvalue weighted by molar-refractivity contribution is 6.34. The first-order valence-corrected chi connectivity index (χ1v) is 7.98. The van der Waals surface area contributed by atoms with E-state index in [4.69, 9.17) is 22.8 Å². The molecule has 0 saturated carbocycles. The first-order valence-electron chi connectivity index (χ1n) is 7.60.